The largest absolute Gasteiger partial charge is 0.207 e. The summed E-state index contributed by atoms with van der Waals surface area (Å²) in [7, 11) is 0. The Morgan fingerprint density at radius 2 is 0.941 bits per heavy atom. The zero-order valence-electron chi connectivity index (χ0n) is 22.1. The summed E-state index contributed by atoms with van der Waals surface area (Å²) in [6.07, 6.45) is 23.0. The predicted molar refractivity (Wildman–Crippen MR) is 149 cm³/mol. The monoisotopic (exact) mass is 464 g/mol. The number of hydrogen-bond acceptors (Lipinski definition) is 0. The normalized spacial score (nSPS) is 11.8. The van der Waals surface area contributed by atoms with E-state index in [0.29, 0.717) is 5.56 Å². The Kier molecular flexibility index (Phi) is 15.4. The number of hydrogen-bond donors (Lipinski definition) is 0. The molecular formula is C33H49F. The Hall–Kier alpha value is -1.89. The molecule has 0 radical (unpaired) electrons. The van der Waals surface area contributed by atoms with Gasteiger partial charge in [-0.3, -0.25) is 0 Å². The van der Waals surface area contributed by atoms with Crippen LogP contribution in [-0.4, -0.2) is 0 Å². The van der Waals surface area contributed by atoms with Gasteiger partial charge >= 0.3 is 0 Å². The highest BCUT2D eigenvalue weighted by Crippen LogP contribution is 2.20. The molecular weight excluding hydrogens is 415 g/mol. The van der Waals surface area contributed by atoms with Crippen molar-refractivity contribution in [2.24, 2.45) is 0 Å². The summed E-state index contributed by atoms with van der Waals surface area (Å²) in [6.45, 7) is 4.50. The third kappa shape index (κ3) is 12.5. The van der Waals surface area contributed by atoms with Gasteiger partial charge in [0, 0.05) is 5.56 Å². The Morgan fingerprint density at radius 3 is 1.47 bits per heavy atom. The molecule has 0 nitrogen and oxygen atoms in total. The summed E-state index contributed by atoms with van der Waals surface area (Å²) in [5.41, 5.74) is 4.84. The minimum Gasteiger partial charge on any atom is -0.207 e. The first-order valence-corrected chi connectivity index (χ1v) is 14.3. The second-order valence-corrected chi connectivity index (χ2v) is 9.99. The first-order valence-electron chi connectivity index (χ1n) is 14.3. The molecule has 188 valence electrons. The van der Waals surface area contributed by atoms with Crippen molar-refractivity contribution in [3.8, 4) is 0 Å². The van der Waals surface area contributed by atoms with Gasteiger partial charge in [-0.25, -0.2) is 4.39 Å². The Morgan fingerprint density at radius 1 is 0.529 bits per heavy atom. The summed E-state index contributed by atoms with van der Waals surface area (Å²) in [6, 6.07) is 17.2. The van der Waals surface area contributed by atoms with Crippen LogP contribution in [0.1, 0.15) is 126 Å². The first-order chi connectivity index (χ1) is 16.7. The van der Waals surface area contributed by atoms with E-state index in [-0.39, 0.29) is 5.83 Å². The van der Waals surface area contributed by atoms with E-state index < -0.39 is 0 Å². The molecule has 0 spiro atoms. The summed E-state index contributed by atoms with van der Waals surface area (Å²) in [5, 5.41) is 0. The molecule has 0 saturated heterocycles. The lowest BCUT2D eigenvalue weighted by Crippen LogP contribution is -1.93. The van der Waals surface area contributed by atoms with Crippen LogP contribution in [0.3, 0.4) is 0 Å². The van der Waals surface area contributed by atoms with E-state index in [9.17, 15) is 4.39 Å². The Labute approximate surface area is 210 Å². The molecule has 2 aromatic rings. The molecule has 0 saturated carbocycles. The topological polar surface area (TPSA) is 0 Å². The molecule has 0 aliphatic carbocycles. The van der Waals surface area contributed by atoms with E-state index in [4.69, 9.17) is 0 Å². The van der Waals surface area contributed by atoms with Crippen LogP contribution in [0, 0.1) is 0 Å². The van der Waals surface area contributed by atoms with Crippen molar-refractivity contribution in [3.63, 3.8) is 0 Å². The fourth-order valence-corrected chi connectivity index (χ4v) is 4.55. The lowest BCUT2D eigenvalue weighted by Gasteiger charge is -2.06. The molecule has 2 aromatic carbocycles. The van der Waals surface area contributed by atoms with E-state index >= 15 is 0 Å². The van der Waals surface area contributed by atoms with Crippen molar-refractivity contribution in [2.45, 2.75) is 123 Å². The van der Waals surface area contributed by atoms with Crippen LogP contribution >= 0.6 is 0 Å². The fourth-order valence-electron chi connectivity index (χ4n) is 4.55. The number of rotatable bonds is 19. The van der Waals surface area contributed by atoms with Crippen molar-refractivity contribution in [1.82, 2.24) is 0 Å². The summed E-state index contributed by atoms with van der Waals surface area (Å²) < 4.78 is 14.4. The summed E-state index contributed by atoms with van der Waals surface area (Å²) in [5.74, 6) is -0.0749. The standard InChI is InChI=1S/C33H49F/c1-3-5-7-9-11-12-13-15-17-29-19-21-30(22-20-29)23-24-31-25-27-32(28-26-31)33(34)18-16-14-10-8-6-4-2/h18-22,25-28H,3-17,23-24H2,1-2H3/b33-18+. The van der Waals surface area contributed by atoms with Gasteiger partial charge < -0.3 is 0 Å². The molecule has 0 aliphatic rings. The van der Waals surface area contributed by atoms with Crippen molar-refractivity contribution in [2.75, 3.05) is 0 Å². The second-order valence-electron chi connectivity index (χ2n) is 9.99. The summed E-state index contributed by atoms with van der Waals surface area (Å²) >= 11 is 0. The van der Waals surface area contributed by atoms with Crippen molar-refractivity contribution in [3.05, 3.63) is 76.9 Å². The zero-order chi connectivity index (χ0) is 24.3. The maximum absolute atomic E-state index is 14.4. The van der Waals surface area contributed by atoms with Gasteiger partial charge in [0.2, 0.25) is 0 Å². The van der Waals surface area contributed by atoms with Crippen molar-refractivity contribution < 1.29 is 4.39 Å². The minimum atomic E-state index is -0.0749. The van der Waals surface area contributed by atoms with E-state index in [1.165, 1.54) is 100 Å². The van der Waals surface area contributed by atoms with Gasteiger partial charge in [-0.05, 0) is 61.3 Å². The summed E-state index contributed by atoms with van der Waals surface area (Å²) in [4.78, 5) is 0. The van der Waals surface area contributed by atoms with E-state index in [1.54, 1.807) is 6.08 Å². The average molecular weight is 465 g/mol. The molecule has 0 fully saturated rings. The Bertz CT molecular complexity index is 769. The lowest BCUT2D eigenvalue weighted by atomic mass is 10.00. The van der Waals surface area contributed by atoms with E-state index in [1.807, 2.05) is 12.1 Å². The number of halogens is 1. The Balaban J connectivity index is 1.64. The average Bonchev–Trinajstić information content (AvgIpc) is 2.87. The van der Waals surface area contributed by atoms with Gasteiger partial charge in [0.15, 0.2) is 0 Å². The van der Waals surface area contributed by atoms with E-state index in [0.717, 1.165) is 25.7 Å². The molecule has 0 unspecified atom stereocenters. The fraction of sp³-hybridized carbons (Fsp3) is 0.576. The van der Waals surface area contributed by atoms with Gasteiger partial charge in [0.25, 0.3) is 0 Å². The molecule has 0 N–H and O–H groups in total. The SMILES string of the molecule is CCCCCCC/C=C(/F)c1ccc(CCc2ccc(CCCCCCCCCC)cc2)cc1. The molecule has 0 aliphatic heterocycles. The van der Waals surface area contributed by atoms with Crippen LogP contribution in [0.5, 0.6) is 0 Å². The molecule has 34 heavy (non-hydrogen) atoms. The van der Waals surface area contributed by atoms with Crippen LogP contribution in [0.25, 0.3) is 5.83 Å². The maximum atomic E-state index is 14.4. The van der Waals surface area contributed by atoms with Crippen molar-refractivity contribution in [1.29, 1.82) is 0 Å². The number of aryl methyl sites for hydroxylation is 3. The van der Waals surface area contributed by atoms with Crippen LogP contribution in [0.15, 0.2) is 54.6 Å². The van der Waals surface area contributed by atoms with Crippen LogP contribution < -0.4 is 0 Å². The molecule has 0 bridgehead atoms. The minimum absolute atomic E-state index is 0.0749. The molecule has 0 amide bonds. The van der Waals surface area contributed by atoms with Crippen LogP contribution in [-0.2, 0) is 19.3 Å². The zero-order valence-corrected chi connectivity index (χ0v) is 22.1. The molecule has 0 heterocycles. The second kappa shape index (κ2) is 18.4. The maximum Gasteiger partial charge on any atom is 0.126 e. The molecule has 0 atom stereocenters. The highest BCUT2D eigenvalue weighted by atomic mass is 19.1. The quantitative estimate of drug-likeness (QED) is 0.181. The predicted octanol–water partition coefficient (Wildman–Crippen LogP) is 10.8. The first kappa shape index (κ1) is 28.3. The van der Waals surface area contributed by atoms with Gasteiger partial charge in [-0.2, -0.15) is 0 Å². The third-order valence-electron chi connectivity index (χ3n) is 6.91. The molecule has 2 rings (SSSR count). The number of benzene rings is 2. The van der Waals surface area contributed by atoms with Crippen LogP contribution in [0.2, 0.25) is 0 Å². The highest BCUT2D eigenvalue weighted by molar-refractivity contribution is 5.59. The van der Waals surface area contributed by atoms with Gasteiger partial charge in [-0.15, -0.1) is 0 Å². The van der Waals surface area contributed by atoms with Crippen LogP contribution in [0.4, 0.5) is 4.39 Å². The van der Waals surface area contributed by atoms with Gasteiger partial charge in [0.05, 0.1) is 0 Å². The van der Waals surface area contributed by atoms with Gasteiger partial charge in [-0.1, -0.05) is 133 Å². The molecule has 1 heteroatoms. The van der Waals surface area contributed by atoms with Gasteiger partial charge in [0.1, 0.15) is 5.83 Å². The smallest absolute Gasteiger partial charge is 0.126 e. The number of allylic oxidation sites excluding steroid dienone is 1. The van der Waals surface area contributed by atoms with E-state index in [2.05, 4.69) is 50.2 Å². The lowest BCUT2D eigenvalue weighted by molar-refractivity contribution is 0.575. The molecule has 0 aromatic heterocycles. The highest BCUT2D eigenvalue weighted by Gasteiger charge is 2.02. The number of unbranched alkanes of at least 4 members (excludes halogenated alkanes) is 12. The van der Waals surface area contributed by atoms with Crippen molar-refractivity contribution >= 4 is 5.83 Å². The third-order valence-corrected chi connectivity index (χ3v) is 6.91.